The summed E-state index contributed by atoms with van der Waals surface area (Å²) in [5.41, 5.74) is 6.78. The van der Waals surface area contributed by atoms with Crippen LogP contribution in [-0.2, 0) is 11.2 Å². The van der Waals surface area contributed by atoms with Gasteiger partial charge in [-0.1, -0.05) is 30.3 Å². The van der Waals surface area contributed by atoms with Gasteiger partial charge in [-0.05, 0) is 56.2 Å². The maximum absolute atomic E-state index is 11.5. The molecule has 1 aromatic rings. The predicted octanol–water partition coefficient (Wildman–Crippen LogP) is 1.72. The van der Waals surface area contributed by atoms with Gasteiger partial charge in [0, 0.05) is 5.41 Å². The number of carbonyl (C=O) groups excluding carboxylic acids is 1. The molecule has 1 amide bonds. The molecule has 19 heavy (non-hydrogen) atoms. The first-order chi connectivity index (χ1) is 9.20. The lowest BCUT2D eigenvalue weighted by molar-refractivity contribution is -0.123. The number of carbonyl (C=O) groups is 1. The van der Waals surface area contributed by atoms with Crippen molar-refractivity contribution in [1.29, 1.82) is 0 Å². The minimum Gasteiger partial charge on any atom is -0.369 e. The highest BCUT2D eigenvalue weighted by molar-refractivity contribution is 5.83. The molecular formula is C16H22N2O. The smallest absolute Gasteiger partial charge is 0.223 e. The van der Waals surface area contributed by atoms with E-state index in [1.807, 2.05) is 0 Å². The van der Waals surface area contributed by atoms with Gasteiger partial charge in [-0.15, -0.1) is 0 Å². The van der Waals surface area contributed by atoms with Gasteiger partial charge < -0.3 is 11.1 Å². The van der Waals surface area contributed by atoms with Crippen LogP contribution < -0.4 is 11.1 Å². The number of rotatable bonds is 5. The molecule has 3 heteroatoms. The van der Waals surface area contributed by atoms with Crippen LogP contribution in [0.4, 0.5) is 0 Å². The molecule has 0 bridgehead atoms. The highest BCUT2D eigenvalue weighted by Gasteiger charge is 2.50. The van der Waals surface area contributed by atoms with E-state index in [1.54, 1.807) is 0 Å². The second kappa shape index (κ2) is 4.97. The van der Waals surface area contributed by atoms with Crippen LogP contribution in [0.2, 0.25) is 0 Å². The lowest BCUT2D eigenvalue weighted by Crippen LogP contribution is -2.29. The van der Waals surface area contributed by atoms with Crippen molar-refractivity contribution in [2.45, 2.75) is 25.7 Å². The first-order valence-corrected chi connectivity index (χ1v) is 7.24. The van der Waals surface area contributed by atoms with Gasteiger partial charge in [-0.2, -0.15) is 0 Å². The number of nitrogens with two attached hydrogens (primary N) is 1. The van der Waals surface area contributed by atoms with Gasteiger partial charge in [0.2, 0.25) is 5.91 Å². The maximum atomic E-state index is 11.5. The highest BCUT2D eigenvalue weighted by atomic mass is 16.1. The van der Waals surface area contributed by atoms with Crippen molar-refractivity contribution in [2.24, 2.45) is 23.0 Å². The zero-order chi connectivity index (χ0) is 13.3. The largest absolute Gasteiger partial charge is 0.369 e. The Balaban J connectivity index is 1.64. The number of hydrogen-bond donors (Lipinski definition) is 2. The van der Waals surface area contributed by atoms with Crippen molar-refractivity contribution in [3.63, 3.8) is 0 Å². The van der Waals surface area contributed by atoms with Crippen molar-refractivity contribution in [3.05, 3.63) is 35.9 Å². The minimum atomic E-state index is -0.161. The van der Waals surface area contributed by atoms with Crippen molar-refractivity contribution < 1.29 is 4.79 Å². The highest BCUT2D eigenvalue weighted by Crippen LogP contribution is 2.51. The van der Waals surface area contributed by atoms with Gasteiger partial charge >= 0.3 is 0 Å². The third kappa shape index (κ3) is 2.66. The van der Waals surface area contributed by atoms with E-state index in [4.69, 9.17) is 5.73 Å². The first-order valence-electron chi connectivity index (χ1n) is 7.24. The Hall–Kier alpha value is -1.35. The van der Waals surface area contributed by atoms with Gasteiger partial charge in [-0.3, -0.25) is 4.79 Å². The molecule has 0 unspecified atom stereocenters. The summed E-state index contributed by atoms with van der Waals surface area (Å²) in [6, 6.07) is 10.6. The van der Waals surface area contributed by atoms with Crippen molar-refractivity contribution in [3.8, 4) is 0 Å². The van der Waals surface area contributed by atoms with E-state index < -0.39 is 0 Å². The predicted molar refractivity (Wildman–Crippen MR) is 75.5 cm³/mol. The molecule has 1 saturated carbocycles. The lowest BCUT2D eigenvalue weighted by atomic mass is 9.82. The van der Waals surface area contributed by atoms with E-state index in [2.05, 4.69) is 35.6 Å². The summed E-state index contributed by atoms with van der Waals surface area (Å²) in [6.07, 6.45) is 4.08. The fourth-order valence-corrected chi connectivity index (χ4v) is 3.39. The summed E-state index contributed by atoms with van der Waals surface area (Å²) in [5.74, 6) is 1.15. The standard InChI is InChI=1S/C16H22N2O/c17-15(19)16(6-7-16)9-14-11-18-10-13(14)8-12-4-2-1-3-5-12/h1-5,13-14,18H,6-11H2,(H2,17,19)/t13-,14-/m1/s1. The molecular weight excluding hydrogens is 236 g/mol. The topological polar surface area (TPSA) is 55.1 Å². The number of amides is 1. The number of nitrogens with one attached hydrogen (secondary N) is 1. The van der Waals surface area contributed by atoms with Crippen LogP contribution in [0, 0.1) is 17.3 Å². The Morgan fingerprint density at radius 1 is 1.21 bits per heavy atom. The van der Waals surface area contributed by atoms with Gasteiger partial charge in [0.15, 0.2) is 0 Å². The van der Waals surface area contributed by atoms with Gasteiger partial charge in [-0.25, -0.2) is 0 Å². The molecule has 0 aromatic heterocycles. The Labute approximate surface area is 114 Å². The van der Waals surface area contributed by atoms with Gasteiger partial charge in [0.1, 0.15) is 0 Å². The molecule has 0 radical (unpaired) electrons. The average molecular weight is 258 g/mol. The summed E-state index contributed by atoms with van der Waals surface area (Å²) in [6.45, 7) is 2.10. The molecule has 3 N–H and O–H groups in total. The van der Waals surface area contributed by atoms with Crippen molar-refractivity contribution in [2.75, 3.05) is 13.1 Å². The third-order valence-corrected chi connectivity index (χ3v) is 4.85. The second-order valence-corrected chi connectivity index (χ2v) is 6.22. The number of benzene rings is 1. The van der Waals surface area contributed by atoms with Crippen LogP contribution in [0.15, 0.2) is 30.3 Å². The fourth-order valence-electron chi connectivity index (χ4n) is 3.39. The Kier molecular flexibility index (Phi) is 3.31. The van der Waals surface area contributed by atoms with E-state index in [0.29, 0.717) is 11.8 Å². The molecule has 1 aliphatic heterocycles. The SMILES string of the molecule is NC(=O)C1(C[C@@H]2CNC[C@H]2Cc2ccccc2)CC1. The first kappa shape index (κ1) is 12.7. The molecule has 2 fully saturated rings. The Morgan fingerprint density at radius 3 is 2.53 bits per heavy atom. The molecule has 1 saturated heterocycles. The molecule has 2 atom stereocenters. The summed E-state index contributed by atoms with van der Waals surface area (Å²) in [4.78, 5) is 11.5. The zero-order valence-corrected chi connectivity index (χ0v) is 11.3. The summed E-state index contributed by atoms with van der Waals surface area (Å²) in [7, 11) is 0. The Morgan fingerprint density at radius 2 is 1.89 bits per heavy atom. The maximum Gasteiger partial charge on any atom is 0.223 e. The van der Waals surface area contributed by atoms with Gasteiger partial charge in [0.25, 0.3) is 0 Å². The molecule has 3 rings (SSSR count). The molecule has 3 nitrogen and oxygen atoms in total. The van der Waals surface area contributed by atoms with E-state index in [-0.39, 0.29) is 11.3 Å². The van der Waals surface area contributed by atoms with Crippen molar-refractivity contribution in [1.82, 2.24) is 5.32 Å². The van der Waals surface area contributed by atoms with Crippen LogP contribution in [0.25, 0.3) is 0 Å². The molecule has 1 aliphatic carbocycles. The number of primary amides is 1. The van der Waals surface area contributed by atoms with Crippen LogP contribution in [-0.4, -0.2) is 19.0 Å². The van der Waals surface area contributed by atoms with Crippen LogP contribution in [0.3, 0.4) is 0 Å². The minimum absolute atomic E-state index is 0.0853. The third-order valence-electron chi connectivity index (χ3n) is 4.85. The normalized spacial score (nSPS) is 28.2. The average Bonchev–Trinajstić information content (AvgIpc) is 3.07. The van der Waals surface area contributed by atoms with Crippen LogP contribution in [0.5, 0.6) is 0 Å². The van der Waals surface area contributed by atoms with Crippen LogP contribution >= 0.6 is 0 Å². The second-order valence-electron chi connectivity index (χ2n) is 6.22. The van der Waals surface area contributed by atoms with Crippen molar-refractivity contribution >= 4 is 5.91 Å². The molecule has 1 heterocycles. The monoisotopic (exact) mass is 258 g/mol. The summed E-state index contributed by atoms with van der Waals surface area (Å²) < 4.78 is 0. The fraction of sp³-hybridized carbons (Fsp3) is 0.562. The summed E-state index contributed by atoms with van der Waals surface area (Å²) in [5, 5.41) is 3.48. The molecule has 0 spiro atoms. The summed E-state index contributed by atoms with van der Waals surface area (Å²) >= 11 is 0. The zero-order valence-electron chi connectivity index (χ0n) is 11.3. The van der Waals surface area contributed by atoms with Crippen LogP contribution in [0.1, 0.15) is 24.8 Å². The van der Waals surface area contributed by atoms with E-state index in [1.165, 1.54) is 5.56 Å². The Bertz CT molecular complexity index is 453. The van der Waals surface area contributed by atoms with E-state index in [9.17, 15) is 4.79 Å². The number of hydrogen-bond acceptors (Lipinski definition) is 2. The van der Waals surface area contributed by atoms with E-state index in [0.717, 1.165) is 38.8 Å². The molecule has 1 aromatic carbocycles. The van der Waals surface area contributed by atoms with Gasteiger partial charge in [0.05, 0.1) is 0 Å². The lowest BCUT2D eigenvalue weighted by Gasteiger charge is -2.22. The van der Waals surface area contributed by atoms with E-state index >= 15 is 0 Å². The quantitative estimate of drug-likeness (QED) is 0.845. The molecule has 102 valence electrons. The molecule has 2 aliphatic rings.